The number of methoxy groups -OCH3 is 1. The highest BCUT2D eigenvalue weighted by molar-refractivity contribution is 7.09. The minimum absolute atomic E-state index is 0.211. The molecule has 0 radical (unpaired) electrons. The van der Waals surface area contributed by atoms with Crippen LogP contribution in [0.3, 0.4) is 0 Å². The maximum Gasteiger partial charge on any atom is 0.233 e. The van der Waals surface area contributed by atoms with Crippen LogP contribution in [0.5, 0.6) is 5.75 Å². The number of aryl methyl sites for hydroxylation is 1. The molecular formula is C20H26N2O2S. The lowest BCUT2D eigenvalue weighted by Crippen LogP contribution is -2.46. The molecule has 1 aromatic carbocycles. The summed E-state index contributed by atoms with van der Waals surface area (Å²) >= 11 is 1.63. The fourth-order valence-corrected chi connectivity index (χ4v) is 4.46. The highest BCUT2D eigenvalue weighted by Gasteiger charge is 2.42. The molecule has 5 heteroatoms. The molecule has 0 bridgehead atoms. The fraction of sp³-hybridized carbons (Fsp3) is 0.500. The lowest BCUT2D eigenvalue weighted by Gasteiger charge is -2.39. The van der Waals surface area contributed by atoms with Gasteiger partial charge in [0.25, 0.3) is 0 Å². The quantitative estimate of drug-likeness (QED) is 0.799. The van der Waals surface area contributed by atoms with Crippen molar-refractivity contribution < 1.29 is 9.53 Å². The first kappa shape index (κ1) is 17.9. The van der Waals surface area contributed by atoms with Gasteiger partial charge in [-0.1, -0.05) is 31.4 Å². The summed E-state index contributed by atoms with van der Waals surface area (Å²) in [5.74, 6) is 1.04. The van der Waals surface area contributed by atoms with Crippen molar-refractivity contribution in [3.05, 3.63) is 45.9 Å². The Kier molecular flexibility index (Phi) is 5.42. The average Bonchev–Trinajstić information content (AvgIpc) is 3.06. The molecule has 0 aliphatic heterocycles. The van der Waals surface area contributed by atoms with Crippen molar-refractivity contribution in [2.75, 3.05) is 14.2 Å². The van der Waals surface area contributed by atoms with Crippen LogP contribution in [-0.4, -0.2) is 29.9 Å². The maximum atomic E-state index is 13.5. The third-order valence-corrected chi connectivity index (χ3v) is 5.99. The molecule has 25 heavy (non-hydrogen) atoms. The van der Waals surface area contributed by atoms with Gasteiger partial charge < -0.3 is 9.64 Å². The molecule has 1 heterocycles. The SMILES string of the molecule is COc1ccc(C2(C(=O)N(C)Cc3csc(C)n3)CCCCC2)cc1. The summed E-state index contributed by atoms with van der Waals surface area (Å²) in [4.78, 5) is 19.8. The Morgan fingerprint density at radius 2 is 1.92 bits per heavy atom. The number of aromatic nitrogens is 1. The molecule has 0 saturated heterocycles. The van der Waals surface area contributed by atoms with E-state index in [-0.39, 0.29) is 5.91 Å². The second-order valence-electron chi connectivity index (χ2n) is 6.89. The lowest BCUT2D eigenvalue weighted by molar-refractivity contribution is -0.138. The molecule has 3 rings (SSSR count). The van der Waals surface area contributed by atoms with Gasteiger partial charge in [-0.25, -0.2) is 4.98 Å². The molecule has 0 N–H and O–H groups in total. The van der Waals surface area contributed by atoms with Crippen molar-refractivity contribution in [1.82, 2.24) is 9.88 Å². The van der Waals surface area contributed by atoms with Gasteiger partial charge in [0, 0.05) is 12.4 Å². The number of nitrogens with zero attached hydrogens (tertiary/aromatic N) is 2. The Labute approximate surface area is 153 Å². The van der Waals surface area contributed by atoms with Crippen molar-refractivity contribution >= 4 is 17.2 Å². The smallest absolute Gasteiger partial charge is 0.233 e. The van der Waals surface area contributed by atoms with Gasteiger partial charge >= 0.3 is 0 Å². The van der Waals surface area contributed by atoms with E-state index in [1.165, 1.54) is 6.42 Å². The largest absolute Gasteiger partial charge is 0.497 e. The first-order valence-corrected chi connectivity index (χ1v) is 9.74. The molecule has 1 aromatic heterocycles. The minimum Gasteiger partial charge on any atom is -0.497 e. The summed E-state index contributed by atoms with van der Waals surface area (Å²) in [6.45, 7) is 2.57. The zero-order valence-corrected chi connectivity index (χ0v) is 16.1. The Morgan fingerprint density at radius 1 is 1.24 bits per heavy atom. The van der Waals surface area contributed by atoms with Gasteiger partial charge in [-0.15, -0.1) is 11.3 Å². The number of carbonyl (C=O) groups is 1. The van der Waals surface area contributed by atoms with Gasteiger partial charge in [0.1, 0.15) is 5.75 Å². The third-order valence-electron chi connectivity index (χ3n) is 5.17. The first-order valence-electron chi connectivity index (χ1n) is 8.86. The van der Waals surface area contributed by atoms with E-state index in [1.54, 1.807) is 18.4 Å². The number of carbonyl (C=O) groups excluding carboxylic acids is 1. The predicted octanol–water partition coefficient (Wildman–Crippen LogP) is 4.32. The van der Waals surface area contributed by atoms with Gasteiger partial charge in [0.2, 0.25) is 5.91 Å². The normalized spacial score (nSPS) is 16.4. The number of rotatable bonds is 5. The van der Waals surface area contributed by atoms with E-state index in [0.717, 1.165) is 47.7 Å². The van der Waals surface area contributed by atoms with Crippen LogP contribution in [0.4, 0.5) is 0 Å². The lowest BCUT2D eigenvalue weighted by atomic mass is 9.68. The van der Waals surface area contributed by atoms with Crippen LogP contribution in [0.2, 0.25) is 0 Å². The zero-order chi connectivity index (χ0) is 17.9. The van der Waals surface area contributed by atoms with E-state index in [9.17, 15) is 4.79 Å². The summed E-state index contributed by atoms with van der Waals surface area (Å²) in [6, 6.07) is 8.04. The van der Waals surface area contributed by atoms with E-state index >= 15 is 0 Å². The van der Waals surface area contributed by atoms with Crippen molar-refractivity contribution in [1.29, 1.82) is 0 Å². The molecule has 0 spiro atoms. The summed E-state index contributed by atoms with van der Waals surface area (Å²) in [5.41, 5.74) is 1.67. The Hall–Kier alpha value is -1.88. The van der Waals surface area contributed by atoms with E-state index in [4.69, 9.17) is 4.74 Å². The average molecular weight is 359 g/mol. The van der Waals surface area contributed by atoms with E-state index < -0.39 is 5.41 Å². The number of ether oxygens (including phenoxy) is 1. The second kappa shape index (κ2) is 7.56. The van der Waals surface area contributed by atoms with Crippen LogP contribution in [0.1, 0.15) is 48.4 Å². The molecule has 0 unspecified atom stereocenters. The molecule has 1 amide bonds. The van der Waals surface area contributed by atoms with Crippen molar-refractivity contribution in [2.24, 2.45) is 0 Å². The molecular weight excluding hydrogens is 332 g/mol. The monoisotopic (exact) mass is 358 g/mol. The number of thiazole rings is 1. The van der Waals surface area contributed by atoms with Crippen LogP contribution >= 0.6 is 11.3 Å². The summed E-state index contributed by atoms with van der Waals surface area (Å²) in [7, 11) is 3.57. The molecule has 1 saturated carbocycles. The Bertz CT molecular complexity index is 718. The molecule has 1 aliphatic rings. The van der Waals surface area contributed by atoms with Gasteiger partial charge in [-0.05, 0) is 37.5 Å². The van der Waals surface area contributed by atoms with E-state index in [1.807, 2.05) is 36.4 Å². The van der Waals surface area contributed by atoms with Gasteiger partial charge in [0.15, 0.2) is 0 Å². The van der Waals surface area contributed by atoms with E-state index in [2.05, 4.69) is 17.1 Å². The standard InChI is InChI=1S/C20H26N2O2S/c1-15-21-17(14-25-15)13-22(2)19(23)20(11-5-4-6-12-20)16-7-9-18(24-3)10-8-16/h7-10,14H,4-6,11-13H2,1-3H3. The Balaban J connectivity index is 1.86. The van der Waals surface area contributed by atoms with Crippen LogP contribution in [0.15, 0.2) is 29.6 Å². The molecule has 4 nitrogen and oxygen atoms in total. The zero-order valence-electron chi connectivity index (χ0n) is 15.2. The van der Waals surface area contributed by atoms with Crippen molar-refractivity contribution in [2.45, 2.75) is 51.0 Å². The van der Waals surface area contributed by atoms with Crippen LogP contribution in [-0.2, 0) is 16.8 Å². The Morgan fingerprint density at radius 3 is 2.48 bits per heavy atom. The number of hydrogen-bond donors (Lipinski definition) is 0. The number of amides is 1. The number of benzene rings is 1. The van der Waals surface area contributed by atoms with Crippen molar-refractivity contribution in [3.8, 4) is 5.75 Å². The highest BCUT2D eigenvalue weighted by atomic mass is 32.1. The van der Waals surface area contributed by atoms with Gasteiger partial charge in [-0.3, -0.25) is 4.79 Å². The van der Waals surface area contributed by atoms with Gasteiger partial charge in [-0.2, -0.15) is 0 Å². The van der Waals surface area contributed by atoms with Gasteiger partial charge in [0.05, 0.1) is 29.8 Å². The highest BCUT2D eigenvalue weighted by Crippen LogP contribution is 2.41. The summed E-state index contributed by atoms with van der Waals surface area (Å²) < 4.78 is 5.28. The molecule has 1 fully saturated rings. The molecule has 134 valence electrons. The summed E-state index contributed by atoms with van der Waals surface area (Å²) in [5, 5.41) is 3.08. The minimum atomic E-state index is -0.412. The van der Waals surface area contributed by atoms with Crippen LogP contribution in [0, 0.1) is 6.92 Å². The second-order valence-corrected chi connectivity index (χ2v) is 7.95. The first-order chi connectivity index (χ1) is 12.0. The van der Waals surface area contributed by atoms with Crippen molar-refractivity contribution in [3.63, 3.8) is 0 Å². The molecule has 2 aromatic rings. The fourth-order valence-electron chi connectivity index (χ4n) is 3.85. The van der Waals surface area contributed by atoms with E-state index in [0.29, 0.717) is 6.54 Å². The summed E-state index contributed by atoms with van der Waals surface area (Å²) in [6.07, 6.45) is 5.24. The predicted molar refractivity (Wildman–Crippen MR) is 101 cm³/mol. The maximum absolute atomic E-state index is 13.5. The topological polar surface area (TPSA) is 42.4 Å². The molecule has 1 aliphatic carbocycles. The number of likely N-dealkylation sites (N-methyl/N-ethyl adjacent to an activating group) is 1. The number of hydrogen-bond acceptors (Lipinski definition) is 4. The third kappa shape index (κ3) is 3.71. The van der Waals surface area contributed by atoms with Crippen LogP contribution < -0.4 is 4.74 Å². The molecule has 0 atom stereocenters. The van der Waals surface area contributed by atoms with Crippen LogP contribution in [0.25, 0.3) is 0 Å².